The van der Waals surface area contributed by atoms with Gasteiger partial charge in [0.05, 0.1) is 37.9 Å². The average Bonchev–Trinajstić information content (AvgIpc) is 2.84. The molecule has 0 atom stereocenters. The van der Waals surface area contributed by atoms with Gasteiger partial charge < -0.3 is 14.8 Å². The van der Waals surface area contributed by atoms with Crippen LogP contribution in [0.2, 0.25) is 0 Å². The van der Waals surface area contributed by atoms with Crippen molar-refractivity contribution in [3.8, 4) is 6.07 Å². The molecule has 0 unspecified atom stereocenters. The zero-order valence-electron chi connectivity index (χ0n) is 14.9. The molecule has 0 fully saturated rings. The molecule has 1 rings (SSSR count). The van der Waals surface area contributed by atoms with Gasteiger partial charge in [0.15, 0.2) is 0 Å². The van der Waals surface area contributed by atoms with Crippen LogP contribution in [0.4, 0.5) is 0 Å². The number of nitriles is 1. The minimum atomic E-state index is 0.0375. The summed E-state index contributed by atoms with van der Waals surface area (Å²) in [5.41, 5.74) is 3.08. The first-order valence-corrected chi connectivity index (χ1v) is 8.33. The average molecular weight is 336 g/mol. The number of aromatic nitrogens is 2. The second kappa shape index (κ2) is 11.6. The first kappa shape index (κ1) is 20.1. The molecule has 7 nitrogen and oxygen atoms in total. The van der Waals surface area contributed by atoms with Crippen molar-refractivity contribution in [2.24, 2.45) is 0 Å². The Morgan fingerprint density at radius 1 is 1.33 bits per heavy atom. The summed E-state index contributed by atoms with van der Waals surface area (Å²) in [6, 6.07) is 2.12. The van der Waals surface area contributed by atoms with E-state index >= 15 is 0 Å². The molecule has 134 valence electrons. The van der Waals surface area contributed by atoms with E-state index in [2.05, 4.69) is 16.5 Å². The van der Waals surface area contributed by atoms with Gasteiger partial charge in [-0.25, -0.2) is 0 Å². The summed E-state index contributed by atoms with van der Waals surface area (Å²) in [5.74, 6) is 0.0375. The predicted octanol–water partition coefficient (Wildman–Crippen LogP) is 1.52. The Labute approximate surface area is 143 Å². The molecule has 0 aromatic carbocycles. The molecule has 1 aromatic heterocycles. The van der Waals surface area contributed by atoms with Gasteiger partial charge in [-0.1, -0.05) is 0 Å². The summed E-state index contributed by atoms with van der Waals surface area (Å²) >= 11 is 0. The second-order valence-electron chi connectivity index (χ2n) is 5.59. The van der Waals surface area contributed by atoms with Gasteiger partial charge in [-0.05, 0) is 32.3 Å². The van der Waals surface area contributed by atoms with E-state index in [0.717, 1.165) is 23.4 Å². The van der Waals surface area contributed by atoms with Crippen molar-refractivity contribution < 1.29 is 14.3 Å². The summed E-state index contributed by atoms with van der Waals surface area (Å²) in [5, 5.41) is 16.0. The third kappa shape index (κ3) is 7.11. The van der Waals surface area contributed by atoms with Gasteiger partial charge in [-0.3, -0.25) is 9.48 Å². The molecule has 0 aliphatic heterocycles. The second-order valence-corrected chi connectivity index (χ2v) is 5.59. The Balaban J connectivity index is 2.27. The summed E-state index contributed by atoms with van der Waals surface area (Å²) in [6.45, 7) is 6.94. The van der Waals surface area contributed by atoms with Gasteiger partial charge in [-0.15, -0.1) is 0 Å². The van der Waals surface area contributed by atoms with Crippen molar-refractivity contribution in [3.05, 3.63) is 17.0 Å². The summed E-state index contributed by atoms with van der Waals surface area (Å²) in [4.78, 5) is 11.9. The maximum atomic E-state index is 11.9. The number of nitrogens with one attached hydrogen (secondary N) is 1. The Morgan fingerprint density at radius 2 is 2.12 bits per heavy atom. The largest absolute Gasteiger partial charge is 0.382 e. The minimum Gasteiger partial charge on any atom is -0.382 e. The van der Waals surface area contributed by atoms with E-state index < -0.39 is 0 Å². The van der Waals surface area contributed by atoms with E-state index in [9.17, 15) is 4.79 Å². The molecule has 1 N–H and O–H groups in total. The maximum Gasteiger partial charge on any atom is 0.220 e. The lowest BCUT2D eigenvalue weighted by Crippen LogP contribution is -2.25. The van der Waals surface area contributed by atoms with Gasteiger partial charge in [-0.2, -0.15) is 10.4 Å². The monoisotopic (exact) mass is 336 g/mol. The van der Waals surface area contributed by atoms with Crippen LogP contribution in [0.1, 0.15) is 36.2 Å². The number of hydrogen-bond donors (Lipinski definition) is 1. The highest BCUT2D eigenvalue weighted by Crippen LogP contribution is 2.15. The minimum absolute atomic E-state index is 0.0375. The molecular formula is C17H28N4O3. The van der Waals surface area contributed by atoms with Crippen LogP contribution < -0.4 is 5.32 Å². The van der Waals surface area contributed by atoms with Gasteiger partial charge >= 0.3 is 0 Å². The number of aryl methyl sites for hydroxylation is 2. The first-order chi connectivity index (χ1) is 11.6. The van der Waals surface area contributed by atoms with Crippen molar-refractivity contribution in [2.45, 2.75) is 46.1 Å². The molecule has 1 aromatic rings. The molecule has 0 radical (unpaired) electrons. The highest BCUT2D eigenvalue weighted by Gasteiger charge is 2.12. The van der Waals surface area contributed by atoms with E-state index in [1.54, 1.807) is 7.11 Å². The molecule has 0 spiro atoms. The van der Waals surface area contributed by atoms with Crippen LogP contribution in [0.15, 0.2) is 0 Å². The first-order valence-electron chi connectivity index (χ1n) is 8.33. The fraction of sp³-hybridized carbons (Fsp3) is 0.706. The van der Waals surface area contributed by atoms with Gasteiger partial charge in [0.1, 0.15) is 0 Å². The van der Waals surface area contributed by atoms with E-state index in [0.29, 0.717) is 52.2 Å². The molecule has 1 amide bonds. The number of methoxy groups -OCH3 is 1. The highest BCUT2D eigenvalue weighted by molar-refractivity contribution is 5.76. The Morgan fingerprint density at radius 3 is 2.83 bits per heavy atom. The van der Waals surface area contributed by atoms with Crippen molar-refractivity contribution in [2.75, 3.05) is 33.5 Å². The number of carbonyl (C=O) groups excluding carboxylic acids is 1. The van der Waals surface area contributed by atoms with Crippen molar-refractivity contribution >= 4 is 5.91 Å². The van der Waals surface area contributed by atoms with Gasteiger partial charge in [0, 0.05) is 32.4 Å². The lowest BCUT2D eigenvalue weighted by molar-refractivity contribution is -0.121. The van der Waals surface area contributed by atoms with Gasteiger partial charge in [0.25, 0.3) is 0 Å². The van der Waals surface area contributed by atoms with Crippen LogP contribution in [-0.2, 0) is 27.2 Å². The molecule has 0 saturated carbocycles. The maximum absolute atomic E-state index is 11.9. The van der Waals surface area contributed by atoms with Crippen molar-refractivity contribution in [1.82, 2.24) is 15.1 Å². The number of carbonyl (C=O) groups is 1. The van der Waals surface area contributed by atoms with E-state index in [-0.39, 0.29) is 5.91 Å². The summed E-state index contributed by atoms with van der Waals surface area (Å²) in [6.07, 6.45) is 2.34. The topological polar surface area (TPSA) is 89.2 Å². The normalized spacial score (nSPS) is 10.6. The molecule has 0 aliphatic rings. The Kier molecular flexibility index (Phi) is 9.73. The lowest BCUT2D eigenvalue weighted by Gasteiger charge is -2.07. The van der Waals surface area contributed by atoms with Gasteiger partial charge in [0.2, 0.25) is 5.91 Å². The molecule has 0 bridgehead atoms. The third-order valence-electron chi connectivity index (χ3n) is 3.79. The number of hydrogen-bond acceptors (Lipinski definition) is 5. The molecule has 0 saturated heterocycles. The summed E-state index contributed by atoms with van der Waals surface area (Å²) < 4.78 is 12.1. The lowest BCUT2D eigenvalue weighted by atomic mass is 10.1. The number of nitrogens with zero attached hydrogens (tertiary/aromatic N) is 3. The molecule has 0 aliphatic carbocycles. The zero-order chi connectivity index (χ0) is 17.8. The van der Waals surface area contributed by atoms with E-state index in [4.69, 9.17) is 14.7 Å². The molecular weight excluding hydrogens is 308 g/mol. The van der Waals surface area contributed by atoms with E-state index in [1.165, 1.54) is 0 Å². The van der Waals surface area contributed by atoms with Crippen molar-refractivity contribution in [3.63, 3.8) is 0 Å². The fourth-order valence-electron chi connectivity index (χ4n) is 2.44. The van der Waals surface area contributed by atoms with E-state index in [1.807, 2.05) is 18.5 Å². The zero-order valence-corrected chi connectivity index (χ0v) is 14.9. The van der Waals surface area contributed by atoms with Crippen molar-refractivity contribution in [1.29, 1.82) is 5.26 Å². The quantitative estimate of drug-likeness (QED) is 0.585. The number of rotatable bonds is 12. The summed E-state index contributed by atoms with van der Waals surface area (Å²) in [7, 11) is 1.64. The SMILES string of the molecule is COCCOCCCNC(=O)CCc1c(C)nn(CCC#N)c1C. The molecule has 7 heteroatoms. The smallest absolute Gasteiger partial charge is 0.220 e. The standard InChI is InChI=1S/C17H28N4O3/c1-14-16(15(2)21(20-14)10-4-8-18)6-7-17(22)19-9-5-11-24-13-12-23-3/h4-7,9-13H2,1-3H3,(H,19,22). The molecule has 24 heavy (non-hydrogen) atoms. The highest BCUT2D eigenvalue weighted by atomic mass is 16.5. The Bertz CT molecular complexity index is 549. The Hall–Kier alpha value is -1.91. The third-order valence-corrected chi connectivity index (χ3v) is 3.79. The van der Waals surface area contributed by atoms with Crippen LogP contribution in [0.5, 0.6) is 0 Å². The van der Waals surface area contributed by atoms with Crippen LogP contribution in [0.25, 0.3) is 0 Å². The predicted molar refractivity (Wildman–Crippen MR) is 90.6 cm³/mol. The van der Waals surface area contributed by atoms with Crippen LogP contribution in [0, 0.1) is 25.2 Å². The van der Waals surface area contributed by atoms with Crippen LogP contribution >= 0.6 is 0 Å². The van der Waals surface area contributed by atoms with Crippen LogP contribution in [-0.4, -0.2) is 49.2 Å². The molecule has 1 heterocycles. The number of ether oxygens (including phenoxy) is 2. The number of amides is 1. The van der Waals surface area contributed by atoms with Crippen LogP contribution in [0.3, 0.4) is 0 Å². The fourth-order valence-corrected chi connectivity index (χ4v) is 2.44.